The lowest BCUT2D eigenvalue weighted by Crippen LogP contribution is -2.25. The number of hydrogen-bond acceptors (Lipinski definition) is 5. The zero-order valence-electron chi connectivity index (χ0n) is 10.8. The number of aliphatic carboxylic acids is 1. The summed E-state index contributed by atoms with van der Waals surface area (Å²) in [5.41, 5.74) is 1.98. The van der Waals surface area contributed by atoms with Crippen molar-refractivity contribution in [1.82, 2.24) is 15.0 Å². The van der Waals surface area contributed by atoms with Crippen molar-refractivity contribution in [2.45, 2.75) is 13.5 Å². The number of carboxylic acids is 1. The van der Waals surface area contributed by atoms with E-state index in [2.05, 4.69) is 10.1 Å². The number of carboxylic acid groups (broad SMARTS) is 1. The van der Waals surface area contributed by atoms with Crippen LogP contribution < -0.4 is 0 Å². The van der Waals surface area contributed by atoms with Crippen molar-refractivity contribution >= 4 is 5.97 Å². The third-order valence-electron chi connectivity index (χ3n) is 2.66. The fourth-order valence-electron chi connectivity index (χ4n) is 1.77. The molecule has 0 unspecified atom stereocenters. The summed E-state index contributed by atoms with van der Waals surface area (Å²) in [5, 5.41) is 12.6. The van der Waals surface area contributed by atoms with Crippen molar-refractivity contribution in [3.05, 3.63) is 35.7 Å². The highest BCUT2D eigenvalue weighted by molar-refractivity contribution is 5.69. The Morgan fingerprint density at radius 1 is 1.42 bits per heavy atom. The Morgan fingerprint density at radius 3 is 2.84 bits per heavy atom. The maximum atomic E-state index is 10.6. The quantitative estimate of drug-likeness (QED) is 0.879. The van der Waals surface area contributed by atoms with Gasteiger partial charge < -0.3 is 9.63 Å². The van der Waals surface area contributed by atoms with E-state index >= 15 is 0 Å². The second kappa shape index (κ2) is 5.62. The molecule has 2 aromatic rings. The van der Waals surface area contributed by atoms with E-state index in [1.807, 2.05) is 31.2 Å². The third kappa shape index (κ3) is 3.38. The first-order valence-corrected chi connectivity index (χ1v) is 5.85. The number of nitrogens with zero attached hydrogens (tertiary/aromatic N) is 3. The number of aryl methyl sites for hydroxylation is 1. The molecular weight excluding hydrogens is 246 g/mol. The largest absolute Gasteiger partial charge is 0.480 e. The summed E-state index contributed by atoms with van der Waals surface area (Å²) in [4.78, 5) is 16.4. The normalized spacial score (nSPS) is 10.9. The SMILES string of the molecule is Cc1ccccc1-c1noc(CN(C)CC(=O)O)n1. The van der Waals surface area contributed by atoms with Gasteiger partial charge >= 0.3 is 5.97 Å². The predicted molar refractivity (Wildman–Crippen MR) is 68.4 cm³/mol. The first-order valence-electron chi connectivity index (χ1n) is 5.85. The highest BCUT2D eigenvalue weighted by Crippen LogP contribution is 2.19. The summed E-state index contributed by atoms with van der Waals surface area (Å²) in [6.07, 6.45) is 0. The summed E-state index contributed by atoms with van der Waals surface area (Å²) in [6.45, 7) is 2.22. The highest BCUT2D eigenvalue weighted by atomic mass is 16.5. The molecule has 0 atom stereocenters. The summed E-state index contributed by atoms with van der Waals surface area (Å²) in [7, 11) is 1.69. The van der Waals surface area contributed by atoms with Gasteiger partial charge in [0.15, 0.2) is 0 Å². The minimum Gasteiger partial charge on any atom is -0.480 e. The first-order chi connectivity index (χ1) is 9.06. The van der Waals surface area contributed by atoms with E-state index < -0.39 is 5.97 Å². The maximum absolute atomic E-state index is 10.6. The molecule has 0 fully saturated rings. The van der Waals surface area contributed by atoms with Crippen LogP contribution in [0.1, 0.15) is 11.5 Å². The number of carbonyl (C=O) groups is 1. The Morgan fingerprint density at radius 2 is 2.16 bits per heavy atom. The van der Waals surface area contributed by atoms with Crippen LogP contribution in [0.2, 0.25) is 0 Å². The van der Waals surface area contributed by atoms with Gasteiger partial charge in [0.2, 0.25) is 11.7 Å². The number of benzene rings is 1. The molecule has 0 amide bonds. The van der Waals surface area contributed by atoms with Crippen LogP contribution in [0.15, 0.2) is 28.8 Å². The molecule has 0 spiro atoms. The van der Waals surface area contributed by atoms with E-state index in [-0.39, 0.29) is 6.54 Å². The smallest absolute Gasteiger partial charge is 0.317 e. The molecule has 0 aliphatic rings. The molecule has 0 radical (unpaired) electrons. The van der Waals surface area contributed by atoms with Gasteiger partial charge in [-0.25, -0.2) is 0 Å². The maximum Gasteiger partial charge on any atom is 0.317 e. The van der Waals surface area contributed by atoms with Crippen LogP contribution in [0.4, 0.5) is 0 Å². The van der Waals surface area contributed by atoms with E-state index in [1.54, 1.807) is 11.9 Å². The Kier molecular flexibility index (Phi) is 3.91. The second-order valence-corrected chi connectivity index (χ2v) is 4.39. The topological polar surface area (TPSA) is 79.5 Å². The molecule has 0 saturated carbocycles. The molecule has 1 heterocycles. The molecule has 1 aromatic carbocycles. The molecule has 1 N–H and O–H groups in total. The van der Waals surface area contributed by atoms with Gasteiger partial charge in [0.05, 0.1) is 13.1 Å². The van der Waals surface area contributed by atoms with E-state index in [9.17, 15) is 4.79 Å². The van der Waals surface area contributed by atoms with E-state index in [1.165, 1.54) is 0 Å². The summed E-state index contributed by atoms with van der Waals surface area (Å²) in [5.74, 6) is 0.0416. The van der Waals surface area contributed by atoms with Crippen LogP contribution in [0.3, 0.4) is 0 Å². The predicted octanol–water partition coefficient (Wildman–Crippen LogP) is 1.56. The van der Waals surface area contributed by atoms with Crippen LogP contribution in [0, 0.1) is 6.92 Å². The van der Waals surface area contributed by atoms with Crippen molar-refractivity contribution in [3.63, 3.8) is 0 Å². The lowest BCUT2D eigenvalue weighted by atomic mass is 10.1. The fourth-order valence-corrected chi connectivity index (χ4v) is 1.77. The van der Waals surface area contributed by atoms with Crippen LogP contribution in [0.25, 0.3) is 11.4 Å². The Bertz CT molecular complexity index is 580. The second-order valence-electron chi connectivity index (χ2n) is 4.39. The fraction of sp³-hybridized carbons (Fsp3) is 0.308. The molecule has 6 heteroatoms. The standard InChI is InChI=1S/C13H15N3O3/c1-9-5-3-4-6-10(9)13-14-11(19-15-13)7-16(2)8-12(17)18/h3-6H,7-8H2,1-2H3,(H,17,18). The lowest BCUT2D eigenvalue weighted by Gasteiger charge is -2.09. The van der Waals surface area contributed by atoms with Gasteiger partial charge in [-0.05, 0) is 19.5 Å². The average molecular weight is 261 g/mol. The first kappa shape index (κ1) is 13.2. The van der Waals surface area contributed by atoms with Crippen LogP contribution in [0.5, 0.6) is 0 Å². The Labute approximate surface area is 110 Å². The van der Waals surface area contributed by atoms with Gasteiger partial charge in [0.25, 0.3) is 0 Å². The summed E-state index contributed by atoms with van der Waals surface area (Å²) in [6, 6.07) is 7.75. The van der Waals surface area contributed by atoms with Crippen LogP contribution >= 0.6 is 0 Å². The summed E-state index contributed by atoms with van der Waals surface area (Å²) >= 11 is 0. The molecule has 0 bridgehead atoms. The molecule has 0 saturated heterocycles. The van der Waals surface area contributed by atoms with Crippen molar-refractivity contribution in [2.24, 2.45) is 0 Å². The monoisotopic (exact) mass is 261 g/mol. The van der Waals surface area contributed by atoms with E-state index in [0.29, 0.717) is 18.3 Å². The van der Waals surface area contributed by atoms with Gasteiger partial charge in [-0.3, -0.25) is 9.69 Å². The number of rotatable bonds is 5. The van der Waals surface area contributed by atoms with Crippen molar-refractivity contribution in [3.8, 4) is 11.4 Å². The average Bonchev–Trinajstić information content (AvgIpc) is 2.76. The Hall–Kier alpha value is -2.21. The van der Waals surface area contributed by atoms with Crippen molar-refractivity contribution in [2.75, 3.05) is 13.6 Å². The molecule has 6 nitrogen and oxygen atoms in total. The lowest BCUT2D eigenvalue weighted by molar-refractivity contribution is -0.138. The van der Waals surface area contributed by atoms with E-state index in [4.69, 9.17) is 9.63 Å². The van der Waals surface area contributed by atoms with E-state index in [0.717, 1.165) is 11.1 Å². The number of hydrogen-bond donors (Lipinski definition) is 1. The summed E-state index contributed by atoms with van der Waals surface area (Å²) < 4.78 is 5.13. The third-order valence-corrected chi connectivity index (χ3v) is 2.66. The minimum absolute atomic E-state index is 0.0674. The molecule has 2 rings (SSSR count). The number of likely N-dealkylation sites (N-methyl/N-ethyl adjacent to an activating group) is 1. The van der Waals surface area contributed by atoms with Gasteiger partial charge in [-0.2, -0.15) is 4.98 Å². The molecule has 1 aromatic heterocycles. The Balaban J connectivity index is 2.11. The minimum atomic E-state index is -0.888. The van der Waals surface area contributed by atoms with Crippen LogP contribution in [-0.2, 0) is 11.3 Å². The van der Waals surface area contributed by atoms with Gasteiger partial charge in [0.1, 0.15) is 0 Å². The van der Waals surface area contributed by atoms with Gasteiger partial charge in [-0.1, -0.05) is 29.4 Å². The molecule has 19 heavy (non-hydrogen) atoms. The zero-order valence-corrected chi connectivity index (χ0v) is 10.8. The van der Waals surface area contributed by atoms with Gasteiger partial charge in [0, 0.05) is 5.56 Å². The number of aromatic nitrogens is 2. The van der Waals surface area contributed by atoms with Gasteiger partial charge in [-0.15, -0.1) is 0 Å². The van der Waals surface area contributed by atoms with Crippen molar-refractivity contribution in [1.29, 1.82) is 0 Å². The highest BCUT2D eigenvalue weighted by Gasteiger charge is 2.13. The zero-order chi connectivity index (χ0) is 13.8. The molecule has 0 aliphatic heterocycles. The molecular formula is C13H15N3O3. The molecule has 0 aliphatic carbocycles. The van der Waals surface area contributed by atoms with Crippen LogP contribution in [-0.4, -0.2) is 39.7 Å². The molecule has 100 valence electrons. The van der Waals surface area contributed by atoms with Crippen molar-refractivity contribution < 1.29 is 14.4 Å².